The SMILES string of the molecule is Nc1nc(C(=NOC(c2ccccc2)(c2ccccc2)c2ccccc2)C(=O)Cl)ns1. The number of carbonyl (C=O) groups is 1. The Morgan fingerprint density at radius 1 is 0.871 bits per heavy atom. The van der Waals surface area contributed by atoms with Crippen molar-refractivity contribution in [1.29, 1.82) is 0 Å². The van der Waals surface area contributed by atoms with E-state index < -0.39 is 10.8 Å². The average molecular weight is 449 g/mol. The summed E-state index contributed by atoms with van der Waals surface area (Å²) in [5.41, 5.74) is 6.76. The van der Waals surface area contributed by atoms with E-state index in [1.54, 1.807) is 0 Å². The second-order valence-corrected chi connectivity index (χ2v) is 7.67. The van der Waals surface area contributed by atoms with Crippen LogP contribution in [0.5, 0.6) is 0 Å². The highest BCUT2D eigenvalue weighted by Gasteiger charge is 2.40. The lowest BCUT2D eigenvalue weighted by molar-refractivity contribution is -0.106. The molecule has 0 spiro atoms. The summed E-state index contributed by atoms with van der Waals surface area (Å²) in [6.07, 6.45) is 0. The van der Waals surface area contributed by atoms with Crippen molar-refractivity contribution in [2.24, 2.45) is 5.16 Å². The maximum atomic E-state index is 12.1. The molecule has 4 aromatic rings. The van der Waals surface area contributed by atoms with E-state index in [0.717, 1.165) is 28.2 Å². The predicted molar refractivity (Wildman–Crippen MR) is 122 cm³/mol. The molecular formula is C23H17ClN4O2S. The van der Waals surface area contributed by atoms with E-state index in [0.29, 0.717) is 0 Å². The molecule has 1 aromatic heterocycles. The first-order chi connectivity index (χ1) is 15.1. The van der Waals surface area contributed by atoms with Gasteiger partial charge in [0.15, 0.2) is 5.13 Å². The first-order valence-electron chi connectivity index (χ1n) is 9.33. The van der Waals surface area contributed by atoms with Gasteiger partial charge in [0.25, 0.3) is 5.24 Å². The molecule has 0 atom stereocenters. The van der Waals surface area contributed by atoms with Crippen LogP contribution in [0.15, 0.2) is 96.2 Å². The van der Waals surface area contributed by atoms with Gasteiger partial charge in [-0.25, -0.2) is 0 Å². The minimum atomic E-state index is -1.15. The van der Waals surface area contributed by atoms with Crippen LogP contribution >= 0.6 is 23.1 Å². The van der Waals surface area contributed by atoms with Gasteiger partial charge in [0, 0.05) is 28.2 Å². The van der Waals surface area contributed by atoms with E-state index in [2.05, 4.69) is 14.5 Å². The van der Waals surface area contributed by atoms with Crippen molar-refractivity contribution in [2.45, 2.75) is 5.60 Å². The standard InChI is InChI=1S/C23H17ClN4O2S/c24-20(29)19(21-26-22(25)31-28-21)27-30-23(16-10-4-1-5-11-16,17-12-6-2-7-13-17)18-14-8-3-9-15-18/h1-15H,(H2,25,26,28). The predicted octanol–water partition coefficient (Wildman–Crippen LogP) is 4.60. The lowest BCUT2D eigenvalue weighted by Gasteiger charge is -2.33. The minimum absolute atomic E-state index is 0.0191. The van der Waals surface area contributed by atoms with E-state index >= 15 is 0 Å². The third kappa shape index (κ3) is 4.19. The zero-order valence-corrected chi connectivity index (χ0v) is 17.8. The molecule has 0 aliphatic heterocycles. The van der Waals surface area contributed by atoms with Crippen LogP contribution in [0.25, 0.3) is 0 Å². The first-order valence-corrected chi connectivity index (χ1v) is 10.5. The van der Waals surface area contributed by atoms with Gasteiger partial charge in [-0.1, -0.05) is 96.2 Å². The molecule has 0 saturated heterocycles. The van der Waals surface area contributed by atoms with E-state index in [1.165, 1.54) is 0 Å². The Morgan fingerprint density at radius 2 is 1.32 bits per heavy atom. The Morgan fingerprint density at radius 3 is 1.68 bits per heavy atom. The highest BCUT2D eigenvalue weighted by Crippen LogP contribution is 2.40. The van der Waals surface area contributed by atoms with Crippen molar-refractivity contribution in [1.82, 2.24) is 9.36 Å². The lowest BCUT2D eigenvalue weighted by atomic mass is 9.80. The lowest BCUT2D eigenvalue weighted by Crippen LogP contribution is -2.32. The quantitative estimate of drug-likeness (QED) is 0.193. The monoisotopic (exact) mass is 448 g/mol. The molecule has 0 radical (unpaired) electrons. The largest absolute Gasteiger partial charge is 0.374 e. The number of rotatable bonds is 7. The van der Waals surface area contributed by atoms with Crippen molar-refractivity contribution < 1.29 is 9.63 Å². The number of carbonyl (C=O) groups excluding carboxylic acids is 1. The van der Waals surface area contributed by atoms with E-state index in [-0.39, 0.29) is 16.7 Å². The Balaban J connectivity index is 1.95. The molecule has 8 heteroatoms. The van der Waals surface area contributed by atoms with Crippen molar-refractivity contribution in [3.05, 3.63) is 114 Å². The van der Waals surface area contributed by atoms with E-state index in [1.807, 2.05) is 91.0 Å². The van der Waals surface area contributed by atoms with Gasteiger partial charge in [-0.15, -0.1) is 0 Å². The van der Waals surface area contributed by atoms with Crippen LogP contribution < -0.4 is 5.73 Å². The van der Waals surface area contributed by atoms with Gasteiger partial charge in [-0.05, 0) is 11.6 Å². The van der Waals surface area contributed by atoms with Crippen LogP contribution in [0.2, 0.25) is 0 Å². The molecule has 0 aliphatic carbocycles. The Hall–Kier alpha value is -3.55. The summed E-state index contributed by atoms with van der Waals surface area (Å²) < 4.78 is 4.05. The number of aromatic nitrogens is 2. The Bertz CT molecular complexity index is 1100. The summed E-state index contributed by atoms with van der Waals surface area (Å²) in [6.45, 7) is 0. The van der Waals surface area contributed by atoms with E-state index in [9.17, 15) is 4.79 Å². The summed E-state index contributed by atoms with van der Waals surface area (Å²) in [5.74, 6) is 0.0191. The molecule has 6 nitrogen and oxygen atoms in total. The number of oxime groups is 1. The smallest absolute Gasteiger partial charge is 0.278 e. The number of nitrogens with two attached hydrogens (primary N) is 1. The second kappa shape index (κ2) is 9.07. The fraction of sp³-hybridized carbons (Fsp3) is 0.0435. The number of hydrogen-bond donors (Lipinski definition) is 1. The van der Waals surface area contributed by atoms with Crippen LogP contribution in [-0.4, -0.2) is 20.3 Å². The highest BCUT2D eigenvalue weighted by atomic mass is 35.5. The van der Waals surface area contributed by atoms with Crippen LogP contribution in [0.1, 0.15) is 22.5 Å². The maximum absolute atomic E-state index is 12.1. The summed E-state index contributed by atoms with van der Waals surface area (Å²) in [7, 11) is 0. The topological polar surface area (TPSA) is 90.5 Å². The van der Waals surface area contributed by atoms with E-state index in [4.69, 9.17) is 22.2 Å². The van der Waals surface area contributed by atoms with Crippen molar-refractivity contribution in [2.75, 3.05) is 5.73 Å². The molecule has 3 aromatic carbocycles. The van der Waals surface area contributed by atoms with Gasteiger partial charge >= 0.3 is 0 Å². The molecular weight excluding hydrogens is 432 g/mol. The molecule has 31 heavy (non-hydrogen) atoms. The Kier molecular flexibility index (Phi) is 6.06. The second-order valence-electron chi connectivity index (χ2n) is 6.54. The van der Waals surface area contributed by atoms with Gasteiger partial charge in [-0.2, -0.15) is 9.36 Å². The summed E-state index contributed by atoms with van der Waals surface area (Å²) in [5, 5.41) is 3.52. The van der Waals surface area contributed by atoms with Gasteiger partial charge in [0.05, 0.1) is 0 Å². The van der Waals surface area contributed by atoms with Crippen LogP contribution in [0.4, 0.5) is 5.13 Å². The fourth-order valence-corrected chi connectivity index (χ4v) is 3.84. The Labute approximate surface area is 188 Å². The third-order valence-electron chi connectivity index (χ3n) is 4.65. The highest BCUT2D eigenvalue weighted by molar-refractivity contribution is 7.09. The van der Waals surface area contributed by atoms with Crippen molar-refractivity contribution in [3.63, 3.8) is 0 Å². The number of halogens is 1. The normalized spacial score (nSPS) is 11.8. The molecule has 2 N–H and O–H groups in total. The van der Waals surface area contributed by atoms with Gasteiger partial charge in [-0.3, -0.25) is 4.79 Å². The van der Waals surface area contributed by atoms with Gasteiger partial charge < -0.3 is 10.6 Å². The molecule has 0 bridgehead atoms. The summed E-state index contributed by atoms with van der Waals surface area (Å²) in [4.78, 5) is 22.4. The van der Waals surface area contributed by atoms with Crippen LogP contribution in [-0.2, 0) is 15.2 Å². The molecule has 154 valence electrons. The number of hydrogen-bond acceptors (Lipinski definition) is 7. The number of anilines is 1. The fourth-order valence-electron chi connectivity index (χ4n) is 3.29. The average Bonchev–Trinajstić information content (AvgIpc) is 3.24. The molecule has 0 amide bonds. The maximum Gasteiger partial charge on any atom is 0.278 e. The molecule has 1 heterocycles. The third-order valence-corrected chi connectivity index (χ3v) is 5.38. The van der Waals surface area contributed by atoms with Crippen LogP contribution in [0, 0.1) is 0 Å². The molecule has 0 fully saturated rings. The number of nitrogens with zero attached hydrogens (tertiary/aromatic N) is 3. The zero-order valence-electron chi connectivity index (χ0n) is 16.2. The molecule has 4 rings (SSSR count). The number of benzene rings is 3. The van der Waals surface area contributed by atoms with Crippen molar-refractivity contribution >= 4 is 39.2 Å². The molecule has 0 unspecified atom stereocenters. The summed E-state index contributed by atoms with van der Waals surface area (Å²) >= 11 is 6.73. The van der Waals surface area contributed by atoms with Gasteiger partial charge in [0.1, 0.15) is 0 Å². The summed E-state index contributed by atoms with van der Waals surface area (Å²) in [6, 6.07) is 28.9. The molecule has 0 aliphatic rings. The first kappa shape index (κ1) is 20.7. The number of nitrogen functional groups attached to an aromatic ring is 1. The van der Waals surface area contributed by atoms with Gasteiger partial charge in [0.2, 0.25) is 17.1 Å². The zero-order chi connectivity index (χ0) is 21.7. The minimum Gasteiger partial charge on any atom is -0.374 e. The van der Waals surface area contributed by atoms with Crippen molar-refractivity contribution in [3.8, 4) is 0 Å². The molecule has 0 saturated carbocycles. The van der Waals surface area contributed by atoms with Crippen LogP contribution in [0.3, 0.4) is 0 Å².